The second kappa shape index (κ2) is 2.86. The fourth-order valence-electron chi connectivity index (χ4n) is 0.784. The quantitative estimate of drug-likeness (QED) is 0.526. The standard InChI is InChI=1S/C6H13N4/c1-5(2)4-10-8-6(3)7-9-10/h5-6H,4H2,1-3H3/q+1. The third-order valence-electron chi connectivity index (χ3n) is 1.15. The van der Waals surface area contributed by atoms with Crippen LogP contribution in [0.4, 0.5) is 0 Å². The van der Waals surface area contributed by atoms with Crippen molar-refractivity contribution in [1.82, 2.24) is 0 Å². The minimum Gasteiger partial charge on any atom is -0.0588 e. The predicted octanol–water partition coefficient (Wildman–Crippen LogP) is 1.83. The smallest absolute Gasteiger partial charge is 0.0588 e. The van der Waals surface area contributed by atoms with Crippen LogP contribution in [0.5, 0.6) is 0 Å². The first-order valence-corrected chi connectivity index (χ1v) is 3.57. The normalized spacial score (nSPS) is 24.0. The van der Waals surface area contributed by atoms with Gasteiger partial charge in [-0.25, -0.2) is 0 Å². The second-order valence-electron chi connectivity index (χ2n) is 2.90. The van der Waals surface area contributed by atoms with E-state index < -0.39 is 0 Å². The van der Waals surface area contributed by atoms with Gasteiger partial charge in [0, 0.05) is 6.92 Å². The summed E-state index contributed by atoms with van der Waals surface area (Å²) in [6, 6.07) is 0. The Morgan fingerprint density at radius 1 is 1.50 bits per heavy atom. The van der Waals surface area contributed by atoms with Crippen LogP contribution in [0.3, 0.4) is 0 Å². The van der Waals surface area contributed by atoms with Crippen LogP contribution in [0.25, 0.3) is 0 Å². The van der Waals surface area contributed by atoms with Gasteiger partial charge in [-0.1, -0.05) is 13.8 Å². The van der Waals surface area contributed by atoms with Crippen LogP contribution in [-0.2, 0) is 0 Å². The molecule has 10 heavy (non-hydrogen) atoms. The van der Waals surface area contributed by atoms with Gasteiger partial charge in [0.05, 0.1) is 5.11 Å². The Labute approximate surface area is 60.6 Å². The number of hydrogen-bond donors (Lipinski definition) is 0. The first-order valence-electron chi connectivity index (χ1n) is 3.57. The van der Waals surface area contributed by atoms with Crippen molar-refractivity contribution in [3.8, 4) is 0 Å². The lowest BCUT2D eigenvalue weighted by Crippen LogP contribution is -2.08. The maximum Gasteiger partial charge on any atom is 0.292 e. The van der Waals surface area contributed by atoms with Gasteiger partial charge in [-0.05, 0) is 15.8 Å². The van der Waals surface area contributed by atoms with E-state index in [1.807, 2.05) is 6.92 Å². The Morgan fingerprint density at radius 3 is 2.60 bits per heavy atom. The molecule has 1 aliphatic rings. The van der Waals surface area contributed by atoms with Crippen molar-refractivity contribution in [3.63, 3.8) is 0 Å². The first kappa shape index (κ1) is 7.31. The van der Waals surface area contributed by atoms with Gasteiger partial charge >= 0.3 is 0 Å². The highest BCUT2D eigenvalue weighted by atomic mass is 15.6. The Hall–Kier alpha value is -0.800. The van der Waals surface area contributed by atoms with Crippen LogP contribution in [0.2, 0.25) is 0 Å². The van der Waals surface area contributed by atoms with Crippen molar-refractivity contribution >= 4 is 0 Å². The highest BCUT2D eigenvalue weighted by molar-refractivity contribution is 4.46. The molecule has 0 aromatic heterocycles. The van der Waals surface area contributed by atoms with Crippen LogP contribution < -0.4 is 0 Å². The zero-order valence-electron chi connectivity index (χ0n) is 6.65. The molecule has 1 atom stereocenters. The molecule has 0 bridgehead atoms. The van der Waals surface area contributed by atoms with Gasteiger partial charge in [-0.2, -0.15) is 0 Å². The van der Waals surface area contributed by atoms with Crippen molar-refractivity contribution in [2.75, 3.05) is 6.54 Å². The first-order chi connectivity index (χ1) is 4.68. The van der Waals surface area contributed by atoms with E-state index in [0.29, 0.717) is 5.92 Å². The Morgan fingerprint density at radius 2 is 2.20 bits per heavy atom. The molecular formula is C6H13N4+. The third kappa shape index (κ3) is 1.86. The monoisotopic (exact) mass is 141 g/mol. The molecule has 0 aromatic rings. The summed E-state index contributed by atoms with van der Waals surface area (Å²) in [5.74, 6) is 0.591. The molecule has 56 valence electrons. The van der Waals surface area contributed by atoms with Gasteiger partial charge in [0.15, 0.2) is 5.22 Å². The minimum atomic E-state index is 0.0266. The van der Waals surface area contributed by atoms with Crippen LogP contribution in [0, 0.1) is 5.92 Å². The van der Waals surface area contributed by atoms with Crippen molar-refractivity contribution in [3.05, 3.63) is 0 Å². The van der Waals surface area contributed by atoms with Gasteiger partial charge in [0.1, 0.15) is 6.54 Å². The van der Waals surface area contributed by atoms with E-state index in [0.717, 1.165) is 6.54 Å². The van der Waals surface area contributed by atoms with Crippen LogP contribution in [0.1, 0.15) is 20.8 Å². The lowest BCUT2D eigenvalue weighted by atomic mass is 10.2. The predicted molar refractivity (Wildman–Crippen MR) is 36.7 cm³/mol. The zero-order valence-corrected chi connectivity index (χ0v) is 6.65. The largest absolute Gasteiger partial charge is 0.292 e. The molecule has 1 rings (SSSR count). The van der Waals surface area contributed by atoms with Gasteiger partial charge in [0.25, 0.3) is 6.17 Å². The summed E-state index contributed by atoms with van der Waals surface area (Å²) in [5, 5.41) is 11.8. The Kier molecular flexibility index (Phi) is 2.09. The van der Waals surface area contributed by atoms with Crippen LogP contribution in [0.15, 0.2) is 15.5 Å². The molecule has 1 unspecified atom stereocenters. The molecular weight excluding hydrogens is 128 g/mol. The van der Waals surface area contributed by atoms with Gasteiger partial charge in [0.2, 0.25) is 0 Å². The fourth-order valence-corrected chi connectivity index (χ4v) is 0.784. The lowest BCUT2D eigenvalue weighted by molar-refractivity contribution is -0.603. The summed E-state index contributed by atoms with van der Waals surface area (Å²) in [5.41, 5.74) is 0. The Bertz CT molecular complexity index is 171. The Balaban J connectivity index is 2.44. The maximum atomic E-state index is 4.13. The van der Waals surface area contributed by atoms with Gasteiger partial charge in [-0.3, -0.25) is 0 Å². The van der Waals surface area contributed by atoms with E-state index in [1.165, 1.54) is 0 Å². The van der Waals surface area contributed by atoms with E-state index in [1.54, 1.807) is 4.81 Å². The van der Waals surface area contributed by atoms with E-state index >= 15 is 0 Å². The summed E-state index contributed by atoms with van der Waals surface area (Å²) >= 11 is 0. The molecule has 0 saturated carbocycles. The molecule has 1 aliphatic heterocycles. The van der Waals surface area contributed by atoms with Crippen molar-refractivity contribution in [1.29, 1.82) is 0 Å². The SMILES string of the molecule is CC(C)C[N+]1=NC(C)N=N1. The van der Waals surface area contributed by atoms with E-state index in [9.17, 15) is 0 Å². The average Bonchev–Trinajstić information content (AvgIpc) is 2.13. The topological polar surface area (TPSA) is 40.1 Å². The average molecular weight is 141 g/mol. The number of nitrogens with zero attached hydrogens (tertiary/aromatic N) is 4. The van der Waals surface area contributed by atoms with Gasteiger partial charge in [-0.15, -0.1) is 0 Å². The molecule has 1 heterocycles. The van der Waals surface area contributed by atoms with Crippen molar-refractivity contribution in [2.24, 2.45) is 21.4 Å². The number of azo groups is 1. The van der Waals surface area contributed by atoms with E-state index in [4.69, 9.17) is 0 Å². The number of rotatable bonds is 2. The molecule has 0 aliphatic carbocycles. The molecule has 0 saturated heterocycles. The van der Waals surface area contributed by atoms with Crippen molar-refractivity contribution < 1.29 is 4.81 Å². The summed E-state index contributed by atoms with van der Waals surface area (Å²) in [6.45, 7) is 7.06. The van der Waals surface area contributed by atoms with E-state index in [2.05, 4.69) is 29.3 Å². The summed E-state index contributed by atoms with van der Waals surface area (Å²) in [4.78, 5) is 1.66. The molecule has 0 spiro atoms. The van der Waals surface area contributed by atoms with Crippen molar-refractivity contribution in [2.45, 2.75) is 26.9 Å². The molecule has 0 fully saturated rings. The zero-order chi connectivity index (χ0) is 7.56. The molecule has 4 heteroatoms. The molecule has 0 amide bonds. The molecule has 0 radical (unpaired) electrons. The van der Waals surface area contributed by atoms with Crippen LogP contribution in [-0.4, -0.2) is 17.5 Å². The highest BCUT2D eigenvalue weighted by Crippen LogP contribution is 2.05. The van der Waals surface area contributed by atoms with Gasteiger partial charge < -0.3 is 0 Å². The molecule has 0 N–H and O–H groups in total. The molecule has 4 nitrogen and oxygen atoms in total. The molecule has 0 aromatic carbocycles. The maximum absolute atomic E-state index is 4.13. The summed E-state index contributed by atoms with van der Waals surface area (Å²) in [7, 11) is 0. The summed E-state index contributed by atoms with van der Waals surface area (Å²) in [6.07, 6.45) is 0.0266. The number of hydrogen-bond acceptors (Lipinski definition) is 3. The highest BCUT2D eigenvalue weighted by Gasteiger charge is 2.17. The van der Waals surface area contributed by atoms with E-state index in [-0.39, 0.29) is 6.17 Å². The third-order valence-corrected chi connectivity index (χ3v) is 1.15. The minimum absolute atomic E-state index is 0.0266. The summed E-state index contributed by atoms with van der Waals surface area (Å²) < 4.78 is 0. The fraction of sp³-hybridized carbons (Fsp3) is 1.00. The van der Waals surface area contributed by atoms with Crippen LogP contribution >= 0.6 is 0 Å². The second-order valence-corrected chi connectivity index (χ2v) is 2.90. The lowest BCUT2D eigenvalue weighted by Gasteiger charge is -1.94.